The molecular weight excluding hydrogens is 755 g/mol. The molecule has 0 unspecified atom stereocenters. The number of aldehydes is 2. The van der Waals surface area contributed by atoms with Gasteiger partial charge in [0.15, 0.2) is 11.7 Å². The zero-order valence-electron chi connectivity index (χ0n) is 34.3. The van der Waals surface area contributed by atoms with Crippen LogP contribution in [0.3, 0.4) is 0 Å². The molecule has 0 bridgehead atoms. The quantitative estimate of drug-likeness (QED) is 0.121. The molecule has 1 atom stereocenters. The third-order valence-electron chi connectivity index (χ3n) is 8.36. The minimum Gasteiger partial charge on any atom is -0.445 e. The number of aromatic amines is 1. The van der Waals surface area contributed by atoms with Crippen LogP contribution in [0.2, 0.25) is 0 Å². The number of H-pyrrole nitrogens is 1. The number of pyridine rings is 1. The minimum absolute atomic E-state index is 0.00758. The summed E-state index contributed by atoms with van der Waals surface area (Å²) in [6, 6.07) is 9.30. The highest BCUT2D eigenvalue weighted by molar-refractivity contribution is 5.94. The van der Waals surface area contributed by atoms with Crippen molar-refractivity contribution in [2.24, 2.45) is 5.73 Å². The summed E-state index contributed by atoms with van der Waals surface area (Å²) in [7, 11) is 6.05. The van der Waals surface area contributed by atoms with Gasteiger partial charge in [-0.05, 0) is 56.3 Å². The number of hydrogen-bond acceptors (Lipinski definition) is 12. The van der Waals surface area contributed by atoms with Crippen molar-refractivity contribution in [2.75, 3.05) is 77.7 Å². The number of aliphatic hydroxyl groups excluding tert-OH is 1. The maximum atomic E-state index is 14.9. The van der Waals surface area contributed by atoms with Gasteiger partial charge >= 0.3 is 6.09 Å². The number of anilines is 2. The fourth-order valence-corrected chi connectivity index (χ4v) is 5.30. The first-order chi connectivity index (χ1) is 27.8. The van der Waals surface area contributed by atoms with Gasteiger partial charge in [0.05, 0.1) is 29.4 Å². The van der Waals surface area contributed by atoms with Crippen molar-refractivity contribution >= 4 is 58.7 Å². The number of piperazine rings is 1. The van der Waals surface area contributed by atoms with E-state index in [2.05, 4.69) is 34.8 Å². The van der Waals surface area contributed by atoms with E-state index in [9.17, 15) is 38.0 Å². The molecule has 1 aliphatic rings. The first-order valence-electron chi connectivity index (χ1n) is 18.9. The number of hydrogen-bond donors (Lipinski definition) is 6. The van der Waals surface area contributed by atoms with Gasteiger partial charge in [-0.2, -0.15) is 0 Å². The Bertz CT molecular complexity index is 1810. The van der Waals surface area contributed by atoms with Crippen LogP contribution in [0.25, 0.3) is 10.9 Å². The Kier molecular flexibility index (Phi) is 24.1. The predicted octanol–water partition coefficient (Wildman–Crippen LogP) is 2.40. The van der Waals surface area contributed by atoms with E-state index in [0.717, 1.165) is 18.7 Å². The van der Waals surface area contributed by atoms with Crippen molar-refractivity contribution < 1.29 is 43.0 Å². The first-order valence-corrected chi connectivity index (χ1v) is 18.9. The van der Waals surface area contributed by atoms with Gasteiger partial charge in [-0.3, -0.25) is 24.0 Å². The smallest absolute Gasteiger partial charge is 0.410 e. The average Bonchev–Trinajstić information content (AvgIpc) is 3.23. The van der Waals surface area contributed by atoms with E-state index >= 15 is 0 Å². The molecule has 320 valence electrons. The Morgan fingerprint density at radius 2 is 1.67 bits per heavy atom. The van der Waals surface area contributed by atoms with Crippen molar-refractivity contribution in [1.82, 2.24) is 25.4 Å². The van der Waals surface area contributed by atoms with Gasteiger partial charge in [0.1, 0.15) is 18.7 Å². The lowest BCUT2D eigenvalue weighted by atomic mass is 10.1. The molecule has 2 aromatic carbocycles. The number of likely N-dealkylation sites (N-methyl/N-ethyl adjacent to an activating group) is 1. The molecule has 0 spiro atoms. The highest BCUT2D eigenvalue weighted by atomic mass is 19.1. The van der Waals surface area contributed by atoms with E-state index in [1.807, 2.05) is 0 Å². The first kappa shape index (κ1) is 50.3. The summed E-state index contributed by atoms with van der Waals surface area (Å²) in [5.41, 5.74) is 7.06. The summed E-state index contributed by atoms with van der Waals surface area (Å²) >= 11 is 0. The van der Waals surface area contributed by atoms with Crippen molar-refractivity contribution in [3.63, 3.8) is 0 Å². The normalized spacial score (nSPS) is 12.2. The number of nitrogens with two attached hydrogens (primary N) is 1. The maximum absolute atomic E-state index is 14.9. The molecule has 58 heavy (non-hydrogen) atoms. The second-order valence-electron chi connectivity index (χ2n) is 13.0. The highest BCUT2D eigenvalue weighted by Gasteiger charge is 2.25. The van der Waals surface area contributed by atoms with Crippen molar-refractivity contribution in [1.29, 1.82) is 0 Å². The Morgan fingerprint density at radius 1 is 1.03 bits per heavy atom. The number of aromatic nitrogens is 1. The van der Waals surface area contributed by atoms with Gasteiger partial charge < -0.3 is 56.0 Å². The monoisotopic (exact) mass is 814 g/mol. The molecule has 1 saturated heterocycles. The van der Waals surface area contributed by atoms with E-state index in [1.165, 1.54) is 23.6 Å². The second-order valence-corrected chi connectivity index (χ2v) is 13.0. The van der Waals surface area contributed by atoms with Gasteiger partial charge in [-0.25, -0.2) is 9.18 Å². The van der Waals surface area contributed by atoms with Crippen LogP contribution in [0.5, 0.6) is 0 Å². The van der Waals surface area contributed by atoms with Crippen molar-refractivity contribution in [2.45, 2.75) is 58.6 Å². The third-order valence-corrected chi connectivity index (χ3v) is 8.36. The van der Waals surface area contributed by atoms with Gasteiger partial charge in [0.2, 0.25) is 17.7 Å². The van der Waals surface area contributed by atoms with Crippen LogP contribution in [-0.2, 0) is 30.5 Å². The molecule has 1 fully saturated rings. The molecule has 3 aromatic rings. The summed E-state index contributed by atoms with van der Waals surface area (Å²) in [4.78, 5) is 87.8. The molecule has 17 nitrogen and oxygen atoms in total. The van der Waals surface area contributed by atoms with E-state index < -0.39 is 17.3 Å². The summed E-state index contributed by atoms with van der Waals surface area (Å²) < 4.78 is 20.3. The minimum atomic E-state index is -0.576. The summed E-state index contributed by atoms with van der Waals surface area (Å²) in [6.45, 7) is 6.16. The predicted molar refractivity (Wildman–Crippen MR) is 221 cm³/mol. The molecule has 4 amide bonds. The van der Waals surface area contributed by atoms with E-state index in [1.54, 1.807) is 55.2 Å². The van der Waals surface area contributed by atoms with Crippen molar-refractivity contribution in [3.05, 3.63) is 69.8 Å². The Hall–Kier alpha value is -5.72. The Balaban J connectivity index is 0.000000742. The zero-order chi connectivity index (χ0) is 43.6. The molecule has 4 rings (SSSR count). The molecule has 18 heteroatoms. The molecule has 0 radical (unpaired) electrons. The van der Waals surface area contributed by atoms with Crippen LogP contribution < -0.4 is 32.0 Å². The number of amides is 4. The largest absolute Gasteiger partial charge is 0.445 e. The van der Waals surface area contributed by atoms with E-state index in [4.69, 9.17) is 15.6 Å². The van der Waals surface area contributed by atoms with Crippen LogP contribution in [-0.4, -0.2) is 130 Å². The van der Waals surface area contributed by atoms with E-state index in [-0.39, 0.29) is 54.3 Å². The fraction of sp³-hybridized carbons (Fsp3) is 0.475. The lowest BCUT2D eigenvalue weighted by molar-refractivity contribution is -0.129. The average molecular weight is 815 g/mol. The Labute approximate surface area is 338 Å². The second kappa shape index (κ2) is 27.8. The number of halogens is 1. The molecule has 1 aliphatic heterocycles. The van der Waals surface area contributed by atoms with Crippen LogP contribution in [0, 0.1) is 5.82 Å². The van der Waals surface area contributed by atoms with Gasteiger partial charge in [0, 0.05) is 77.5 Å². The molecule has 1 aromatic heterocycles. The van der Waals surface area contributed by atoms with Crippen LogP contribution in [0.1, 0.15) is 61.9 Å². The number of carbonyl (C=O) groups is 6. The SMILES string of the molecule is CCC.CN(C)C(=O)CCCC(=O)NCC=O.CN[C@@H](CCN)C(=O)Nc1ccc(COC(=O)N2CCN(c3cc4[nH]cc(C=O)c(=O)c4cc3F)CC2)cc1.CO. The molecule has 0 aliphatic carbocycles. The lowest BCUT2D eigenvalue weighted by Gasteiger charge is -2.35. The van der Waals surface area contributed by atoms with Crippen molar-refractivity contribution in [3.8, 4) is 0 Å². The van der Waals surface area contributed by atoms with E-state index in [0.29, 0.717) is 81.5 Å². The third kappa shape index (κ3) is 16.8. The van der Waals surface area contributed by atoms with Gasteiger partial charge in [-0.15, -0.1) is 0 Å². The van der Waals surface area contributed by atoms with Gasteiger partial charge in [0.25, 0.3) is 0 Å². The number of ether oxygens (including phenoxy) is 1. The fourth-order valence-electron chi connectivity index (χ4n) is 5.30. The molecule has 2 heterocycles. The summed E-state index contributed by atoms with van der Waals surface area (Å²) in [5, 5.41) is 15.3. The zero-order valence-corrected chi connectivity index (χ0v) is 34.3. The number of carbonyl (C=O) groups excluding carboxylic acids is 6. The topological polar surface area (TPSA) is 237 Å². The number of benzene rings is 2. The number of aliphatic hydroxyl groups is 1. The molecule has 7 N–H and O–H groups in total. The van der Waals surface area contributed by atoms with Crippen LogP contribution in [0.15, 0.2) is 47.4 Å². The number of nitrogens with zero attached hydrogens (tertiary/aromatic N) is 3. The van der Waals surface area contributed by atoms with Gasteiger partial charge in [-0.1, -0.05) is 32.4 Å². The highest BCUT2D eigenvalue weighted by Crippen LogP contribution is 2.25. The standard InChI is InChI=1S/C27H31FN6O5.C9H16N2O3.C3H8.CH4O/c1-30-22(6-7-29)26(37)32-19-4-2-17(3-5-19)16-39-27(38)34-10-8-33(9-11-34)24-13-23-20(12-21(24)28)25(36)18(15-35)14-31-23;1-11(2)9(14)5-3-4-8(13)10-6-7-12;1-3-2;1-2/h2-5,12-15,22,30H,6-11,16,29H2,1H3,(H,31,36)(H,32,37);7H,3-6H2,1-2H3,(H,10,13);3H2,1-2H3;2H,1H3/t22-;;;/m0.../s1. The maximum Gasteiger partial charge on any atom is 0.410 e. The number of rotatable bonds is 15. The van der Waals surface area contributed by atoms with Crippen LogP contribution >= 0.6 is 0 Å². The summed E-state index contributed by atoms with van der Waals surface area (Å²) in [6.07, 6.45) is 4.82. The molecular formula is C40H59FN8O9. The summed E-state index contributed by atoms with van der Waals surface area (Å²) in [5.74, 6) is -0.936. The molecule has 0 saturated carbocycles. The number of fused-ring (bicyclic) bond motifs is 1. The Morgan fingerprint density at radius 3 is 2.22 bits per heavy atom. The number of nitrogens with one attached hydrogen (secondary N) is 4. The van der Waals surface area contributed by atoms with Crippen LogP contribution in [0.4, 0.5) is 20.6 Å². The lowest BCUT2D eigenvalue weighted by Crippen LogP contribution is -2.49.